The smallest absolute Gasteiger partial charge is 0.191 e. The first-order valence-corrected chi connectivity index (χ1v) is 9.77. The van der Waals surface area contributed by atoms with Crippen LogP contribution in [0.5, 0.6) is 5.75 Å². The van der Waals surface area contributed by atoms with E-state index < -0.39 is 0 Å². The molecule has 1 saturated carbocycles. The Kier molecular flexibility index (Phi) is 9.08. The van der Waals surface area contributed by atoms with Crippen molar-refractivity contribution in [2.75, 3.05) is 26.7 Å². The van der Waals surface area contributed by atoms with Crippen LogP contribution in [0.2, 0.25) is 0 Å². The number of aliphatic imine (C=N–C) groups is 1. The topological polar surface area (TPSA) is 48.9 Å². The predicted octanol–water partition coefficient (Wildman–Crippen LogP) is 3.39. The van der Waals surface area contributed by atoms with Crippen LogP contribution in [0.25, 0.3) is 0 Å². The number of likely N-dealkylation sites (tertiary alicyclic amines) is 1. The fourth-order valence-electron chi connectivity index (χ4n) is 3.95. The maximum Gasteiger partial charge on any atom is 0.191 e. The van der Waals surface area contributed by atoms with Gasteiger partial charge in [0.15, 0.2) is 5.96 Å². The summed E-state index contributed by atoms with van der Waals surface area (Å²) in [5.41, 5.74) is 0. The molecule has 3 rings (SSSR count). The molecule has 1 heterocycles. The normalized spacial score (nSPS) is 22.3. The largest absolute Gasteiger partial charge is 0.489 e. The van der Waals surface area contributed by atoms with Gasteiger partial charge < -0.3 is 15.4 Å². The van der Waals surface area contributed by atoms with E-state index in [0.29, 0.717) is 18.3 Å². The van der Waals surface area contributed by atoms with Gasteiger partial charge in [-0.3, -0.25) is 9.89 Å². The standard InChI is InChI=1S/C20H31FN4O.HI/c1-15(26-19-9-5-6-16(21)12-19)13-23-20(22-2)24-17-10-11-25(14-17)18-7-3-4-8-18;/h5-6,9,12,15,17-18H,3-4,7-8,10-11,13-14H2,1-2H3,(H2,22,23,24);1H. The summed E-state index contributed by atoms with van der Waals surface area (Å²) < 4.78 is 19.0. The number of hydrogen-bond acceptors (Lipinski definition) is 3. The van der Waals surface area contributed by atoms with Crippen molar-refractivity contribution in [2.45, 2.75) is 57.2 Å². The molecule has 0 radical (unpaired) electrons. The van der Waals surface area contributed by atoms with Gasteiger partial charge in [0.05, 0.1) is 6.54 Å². The minimum Gasteiger partial charge on any atom is -0.489 e. The summed E-state index contributed by atoms with van der Waals surface area (Å²) in [4.78, 5) is 6.96. The van der Waals surface area contributed by atoms with E-state index in [-0.39, 0.29) is 35.9 Å². The summed E-state index contributed by atoms with van der Waals surface area (Å²) in [6, 6.07) is 7.47. The van der Waals surface area contributed by atoms with E-state index in [4.69, 9.17) is 4.74 Å². The first kappa shape index (κ1) is 22.2. The van der Waals surface area contributed by atoms with Gasteiger partial charge in [-0.05, 0) is 38.3 Å². The Morgan fingerprint density at radius 1 is 1.33 bits per heavy atom. The van der Waals surface area contributed by atoms with Crippen molar-refractivity contribution in [1.29, 1.82) is 0 Å². The van der Waals surface area contributed by atoms with Crippen LogP contribution in [0, 0.1) is 5.82 Å². The van der Waals surface area contributed by atoms with E-state index in [2.05, 4.69) is 20.5 Å². The Labute approximate surface area is 179 Å². The van der Waals surface area contributed by atoms with Crippen LogP contribution in [-0.2, 0) is 0 Å². The lowest BCUT2D eigenvalue weighted by Crippen LogP contribution is -2.47. The molecular formula is C20H32FIN4O. The lowest BCUT2D eigenvalue weighted by Gasteiger charge is -2.24. The molecule has 2 fully saturated rings. The summed E-state index contributed by atoms with van der Waals surface area (Å²) in [5.74, 6) is 1.07. The van der Waals surface area contributed by atoms with E-state index in [1.807, 2.05) is 6.92 Å². The molecule has 1 saturated heterocycles. The fraction of sp³-hybridized carbons (Fsp3) is 0.650. The SMILES string of the molecule is CN=C(NCC(C)Oc1cccc(F)c1)NC1CCN(C2CCCC2)C1.I. The number of ether oxygens (including phenoxy) is 1. The predicted molar refractivity (Wildman–Crippen MR) is 119 cm³/mol. The zero-order valence-corrected chi connectivity index (χ0v) is 18.6. The molecule has 2 aliphatic rings. The molecule has 1 aromatic rings. The van der Waals surface area contributed by atoms with E-state index in [0.717, 1.165) is 25.0 Å². The van der Waals surface area contributed by atoms with E-state index in [1.165, 1.54) is 44.4 Å². The maximum atomic E-state index is 13.2. The van der Waals surface area contributed by atoms with Gasteiger partial charge >= 0.3 is 0 Å². The van der Waals surface area contributed by atoms with Crippen LogP contribution >= 0.6 is 24.0 Å². The molecule has 2 unspecified atom stereocenters. The molecule has 5 nitrogen and oxygen atoms in total. The third kappa shape index (κ3) is 6.78. The first-order chi connectivity index (χ1) is 12.6. The van der Waals surface area contributed by atoms with Crippen molar-refractivity contribution in [1.82, 2.24) is 15.5 Å². The summed E-state index contributed by atoms with van der Waals surface area (Å²) >= 11 is 0. The minimum absolute atomic E-state index is 0. The van der Waals surface area contributed by atoms with Gasteiger partial charge in [0.25, 0.3) is 0 Å². The minimum atomic E-state index is -0.284. The Morgan fingerprint density at radius 2 is 2.11 bits per heavy atom. The van der Waals surface area contributed by atoms with E-state index >= 15 is 0 Å². The molecule has 0 aromatic heterocycles. The number of nitrogens with one attached hydrogen (secondary N) is 2. The van der Waals surface area contributed by atoms with Crippen molar-refractivity contribution in [3.8, 4) is 5.75 Å². The van der Waals surface area contributed by atoms with Gasteiger partial charge in [0.1, 0.15) is 17.7 Å². The molecule has 1 aliphatic carbocycles. The number of nitrogens with zero attached hydrogens (tertiary/aromatic N) is 2. The van der Waals surface area contributed by atoms with Gasteiger partial charge in [-0.15, -0.1) is 24.0 Å². The summed E-state index contributed by atoms with van der Waals surface area (Å²) in [7, 11) is 1.79. The average molecular weight is 490 g/mol. The highest BCUT2D eigenvalue weighted by Gasteiger charge is 2.30. The van der Waals surface area contributed by atoms with Crippen LogP contribution < -0.4 is 15.4 Å². The molecule has 0 spiro atoms. The Bertz CT molecular complexity index is 609. The number of hydrogen-bond donors (Lipinski definition) is 2. The van der Waals surface area contributed by atoms with Crippen LogP contribution in [0.3, 0.4) is 0 Å². The van der Waals surface area contributed by atoms with Gasteiger partial charge in [-0.1, -0.05) is 18.9 Å². The lowest BCUT2D eigenvalue weighted by molar-refractivity contribution is 0.222. The van der Waals surface area contributed by atoms with Crippen LogP contribution in [0.1, 0.15) is 39.0 Å². The molecule has 2 N–H and O–H groups in total. The molecular weight excluding hydrogens is 458 g/mol. The monoisotopic (exact) mass is 490 g/mol. The number of benzene rings is 1. The second-order valence-electron chi connectivity index (χ2n) is 7.40. The second kappa shape index (κ2) is 11.0. The van der Waals surface area contributed by atoms with Crippen molar-refractivity contribution in [3.63, 3.8) is 0 Å². The highest BCUT2D eigenvalue weighted by Crippen LogP contribution is 2.26. The van der Waals surface area contributed by atoms with E-state index in [9.17, 15) is 4.39 Å². The van der Waals surface area contributed by atoms with Crippen molar-refractivity contribution >= 4 is 29.9 Å². The van der Waals surface area contributed by atoms with Crippen LogP contribution in [0.15, 0.2) is 29.3 Å². The molecule has 1 aromatic carbocycles. The zero-order chi connectivity index (χ0) is 18.4. The molecule has 7 heteroatoms. The van der Waals surface area contributed by atoms with Gasteiger partial charge in [-0.25, -0.2) is 4.39 Å². The van der Waals surface area contributed by atoms with Gasteiger partial charge in [0, 0.05) is 38.3 Å². The summed E-state index contributed by atoms with van der Waals surface area (Å²) in [6.45, 7) is 4.84. The zero-order valence-electron chi connectivity index (χ0n) is 16.3. The third-order valence-corrected chi connectivity index (χ3v) is 5.32. The number of guanidine groups is 1. The second-order valence-corrected chi connectivity index (χ2v) is 7.40. The lowest BCUT2D eigenvalue weighted by atomic mass is 10.2. The highest BCUT2D eigenvalue weighted by atomic mass is 127. The highest BCUT2D eigenvalue weighted by molar-refractivity contribution is 14.0. The summed E-state index contributed by atoms with van der Waals surface area (Å²) in [5, 5.41) is 6.85. The van der Waals surface area contributed by atoms with Gasteiger partial charge in [-0.2, -0.15) is 0 Å². The number of halogens is 2. The van der Waals surface area contributed by atoms with Crippen LogP contribution in [-0.4, -0.2) is 55.7 Å². The Balaban J connectivity index is 0.00000261. The number of rotatable bonds is 6. The van der Waals surface area contributed by atoms with Crippen molar-refractivity contribution in [3.05, 3.63) is 30.1 Å². The first-order valence-electron chi connectivity index (χ1n) is 9.77. The molecule has 2 atom stereocenters. The maximum absolute atomic E-state index is 13.2. The van der Waals surface area contributed by atoms with Gasteiger partial charge in [0.2, 0.25) is 0 Å². The van der Waals surface area contributed by atoms with Crippen molar-refractivity contribution in [2.24, 2.45) is 4.99 Å². The van der Waals surface area contributed by atoms with Crippen molar-refractivity contribution < 1.29 is 9.13 Å². The summed E-state index contributed by atoms with van der Waals surface area (Å²) in [6.07, 6.45) is 6.54. The molecule has 0 bridgehead atoms. The van der Waals surface area contributed by atoms with E-state index in [1.54, 1.807) is 19.2 Å². The molecule has 1 aliphatic heterocycles. The Morgan fingerprint density at radius 3 is 2.81 bits per heavy atom. The molecule has 152 valence electrons. The average Bonchev–Trinajstić information content (AvgIpc) is 3.30. The quantitative estimate of drug-likeness (QED) is 0.365. The third-order valence-electron chi connectivity index (χ3n) is 5.32. The molecule has 27 heavy (non-hydrogen) atoms. The van der Waals surface area contributed by atoms with Crippen LogP contribution in [0.4, 0.5) is 4.39 Å². The Hall–Kier alpha value is -1.09. The fourth-order valence-corrected chi connectivity index (χ4v) is 3.95. The molecule has 0 amide bonds.